The number of hydrogen-bond acceptors (Lipinski definition) is 1. The summed E-state index contributed by atoms with van der Waals surface area (Å²) in [6, 6.07) is 0. The fraction of sp³-hybridized carbons (Fsp3) is 1.00. The highest BCUT2D eigenvalue weighted by Gasteiger charge is 2.30. The Morgan fingerprint density at radius 3 is 1.75 bits per heavy atom. The van der Waals surface area contributed by atoms with E-state index < -0.39 is 0 Å². The normalized spacial score (nSPS) is 40.9. The van der Waals surface area contributed by atoms with Crippen molar-refractivity contribution >= 4 is 0 Å². The second kappa shape index (κ2) is 6.05. The van der Waals surface area contributed by atoms with Crippen molar-refractivity contribution in [2.75, 3.05) is 7.11 Å². The summed E-state index contributed by atoms with van der Waals surface area (Å²) < 4.78 is 5.46. The molecule has 0 aromatic heterocycles. The third kappa shape index (κ3) is 3.00. The topological polar surface area (TPSA) is 9.23 Å². The summed E-state index contributed by atoms with van der Waals surface area (Å²) in [5, 5.41) is 0. The van der Waals surface area contributed by atoms with Gasteiger partial charge >= 0.3 is 0 Å². The van der Waals surface area contributed by atoms with E-state index in [0.717, 1.165) is 17.8 Å². The summed E-state index contributed by atoms with van der Waals surface area (Å²) >= 11 is 0. The average molecular weight is 224 g/mol. The van der Waals surface area contributed by atoms with Crippen LogP contribution in [-0.4, -0.2) is 13.2 Å². The van der Waals surface area contributed by atoms with Crippen molar-refractivity contribution in [3.8, 4) is 0 Å². The maximum absolute atomic E-state index is 5.46. The predicted molar refractivity (Wildman–Crippen MR) is 68.5 cm³/mol. The molecule has 0 atom stereocenters. The Labute approximate surface area is 101 Å². The van der Waals surface area contributed by atoms with Crippen LogP contribution in [0.3, 0.4) is 0 Å². The van der Waals surface area contributed by atoms with Crippen LogP contribution in [0.5, 0.6) is 0 Å². The smallest absolute Gasteiger partial charge is 0.0571 e. The van der Waals surface area contributed by atoms with Crippen molar-refractivity contribution in [1.82, 2.24) is 0 Å². The van der Waals surface area contributed by atoms with Crippen molar-refractivity contribution in [2.45, 2.75) is 70.8 Å². The van der Waals surface area contributed by atoms with Gasteiger partial charge in [0.05, 0.1) is 6.10 Å². The monoisotopic (exact) mass is 224 g/mol. The first-order valence-corrected chi connectivity index (χ1v) is 7.36. The van der Waals surface area contributed by atoms with E-state index in [-0.39, 0.29) is 0 Å². The number of hydrogen-bond donors (Lipinski definition) is 0. The lowest BCUT2D eigenvalue weighted by molar-refractivity contribution is 0.0393. The van der Waals surface area contributed by atoms with Gasteiger partial charge in [-0.05, 0) is 56.3 Å². The average Bonchev–Trinajstić information content (AvgIpc) is 2.39. The van der Waals surface area contributed by atoms with E-state index in [4.69, 9.17) is 4.74 Å². The highest BCUT2D eigenvalue weighted by atomic mass is 16.5. The molecule has 0 aromatic rings. The lowest BCUT2D eigenvalue weighted by Crippen LogP contribution is -2.28. The molecule has 0 aromatic carbocycles. The zero-order chi connectivity index (χ0) is 11.4. The van der Waals surface area contributed by atoms with E-state index in [2.05, 4.69) is 6.92 Å². The first-order chi connectivity index (χ1) is 7.83. The molecule has 0 heterocycles. The van der Waals surface area contributed by atoms with Gasteiger partial charge in [-0.15, -0.1) is 0 Å². The minimum absolute atomic E-state index is 0.572. The minimum Gasteiger partial charge on any atom is -0.381 e. The van der Waals surface area contributed by atoms with Gasteiger partial charge in [-0.1, -0.05) is 26.2 Å². The van der Waals surface area contributed by atoms with Gasteiger partial charge in [0.15, 0.2) is 0 Å². The van der Waals surface area contributed by atoms with Crippen molar-refractivity contribution in [1.29, 1.82) is 0 Å². The Hall–Kier alpha value is -0.0400. The standard InChI is InChI=1S/C15H28O/c1-3-12-4-6-13(7-5-12)14-8-10-15(16-2)11-9-14/h12-15H,3-11H2,1-2H3. The highest BCUT2D eigenvalue weighted by Crippen LogP contribution is 2.40. The minimum atomic E-state index is 0.572. The molecule has 0 saturated heterocycles. The zero-order valence-corrected chi connectivity index (χ0v) is 11.1. The van der Waals surface area contributed by atoms with Gasteiger partial charge in [0, 0.05) is 7.11 Å². The Balaban J connectivity index is 1.73. The fourth-order valence-corrected chi connectivity index (χ4v) is 3.86. The summed E-state index contributed by atoms with van der Waals surface area (Å²) in [5.74, 6) is 3.14. The second-order valence-corrected chi connectivity index (χ2v) is 5.96. The van der Waals surface area contributed by atoms with Crippen LogP contribution in [0.25, 0.3) is 0 Å². The van der Waals surface area contributed by atoms with Crippen LogP contribution in [-0.2, 0) is 4.74 Å². The number of rotatable bonds is 3. The Morgan fingerprint density at radius 2 is 1.31 bits per heavy atom. The summed E-state index contributed by atoms with van der Waals surface area (Å²) in [7, 11) is 1.87. The molecular formula is C15H28O. The summed E-state index contributed by atoms with van der Waals surface area (Å²) in [6.45, 7) is 2.36. The molecule has 0 amide bonds. The van der Waals surface area contributed by atoms with Crippen LogP contribution in [0.1, 0.15) is 64.7 Å². The summed E-state index contributed by atoms with van der Waals surface area (Å²) in [6.07, 6.45) is 13.5. The van der Waals surface area contributed by atoms with E-state index in [1.807, 2.05) is 7.11 Å². The molecule has 2 fully saturated rings. The van der Waals surface area contributed by atoms with E-state index in [1.54, 1.807) is 0 Å². The van der Waals surface area contributed by atoms with Gasteiger partial charge in [-0.2, -0.15) is 0 Å². The predicted octanol–water partition coefficient (Wildman–Crippen LogP) is 4.41. The second-order valence-electron chi connectivity index (χ2n) is 5.96. The maximum atomic E-state index is 5.46. The molecule has 0 unspecified atom stereocenters. The molecule has 94 valence electrons. The molecule has 2 aliphatic rings. The van der Waals surface area contributed by atoms with Crippen LogP contribution in [0.4, 0.5) is 0 Å². The molecule has 0 bridgehead atoms. The first-order valence-electron chi connectivity index (χ1n) is 7.36. The molecule has 0 aliphatic heterocycles. The molecule has 0 radical (unpaired) electrons. The first kappa shape index (κ1) is 12.4. The number of ether oxygens (including phenoxy) is 1. The molecule has 0 N–H and O–H groups in total. The molecule has 2 aliphatic carbocycles. The van der Waals surface area contributed by atoms with E-state index in [0.29, 0.717) is 6.10 Å². The van der Waals surface area contributed by atoms with Gasteiger partial charge in [-0.3, -0.25) is 0 Å². The van der Waals surface area contributed by atoms with Crippen LogP contribution >= 0.6 is 0 Å². The molecule has 0 spiro atoms. The Kier molecular flexibility index (Phi) is 4.69. The lowest BCUT2D eigenvalue weighted by Gasteiger charge is -2.37. The van der Waals surface area contributed by atoms with Crippen LogP contribution < -0.4 is 0 Å². The SMILES string of the molecule is CCC1CCC(C2CCC(OC)CC2)CC1. The van der Waals surface area contributed by atoms with Crippen molar-refractivity contribution in [2.24, 2.45) is 17.8 Å². The van der Waals surface area contributed by atoms with Gasteiger partial charge in [0.1, 0.15) is 0 Å². The molecule has 1 nitrogen and oxygen atoms in total. The third-order valence-electron chi connectivity index (χ3n) is 5.19. The van der Waals surface area contributed by atoms with Crippen LogP contribution in [0.2, 0.25) is 0 Å². The van der Waals surface area contributed by atoms with Crippen molar-refractivity contribution in [3.63, 3.8) is 0 Å². The molecule has 16 heavy (non-hydrogen) atoms. The van der Waals surface area contributed by atoms with E-state index in [9.17, 15) is 0 Å². The Morgan fingerprint density at radius 1 is 0.812 bits per heavy atom. The van der Waals surface area contributed by atoms with Gasteiger partial charge in [-0.25, -0.2) is 0 Å². The quantitative estimate of drug-likeness (QED) is 0.690. The largest absolute Gasteiger partial charge is 0.381 e. The molecule has 2 rings (SSSR count). The molecule has 2 saturated carbocycles. The summed E-state index contributed by atoms with van der Waals surface area (Å²) in [5.41, 5.74) is 0. The highest BCUT2D eigenvalue weighted by molar-refractivity contribution is 4.81. The van der Waals surface area contributed by atoms with E-state index in [1.165, 1.54) is 57.8 Å². The Bertz CT molecular complexity index is 164. The zero-order valence-electron chi connectivity index (χ0n) is 11.1. The van der Waals surface area contributed by atoms with Crippen molar-refractivity contribution in [3.05, 3.63) is 0 Å². The van der Waals surface area contributed by atoms with Crippen molar-refractivity contribution < 1.29 is 4.74 Å². The molecular weight excluding hydrogens is 196 g/mol. The van der Waals surface area contributed by atoms with E-state index >= 15 is 0 Å². The van der Waals surface area contributed by atoms with Crippen LogP contribution in [0, 0.1) is 17.8 Å². The molecule has 1 heteroatoms. The maximum Gasteiger partial charge on any atom is 0.0571 e. The third-order valence-corrected chi connectivity index (χ3v) is 5.19. The van der Waals surface area contributed by atoms with Gasteiger partial charge < -0.3 is 4.74 Å². The van der Waals surface area contributed by atoms with Gasteiger partial charge in [0.25, 0.3) is 0 Å². The lowest BCUT2D eigenvalue weighted by atomic mass is 9.70. The summed E-state index contributed by atoms with van der Waals surface area (Å²) in [4.78, 5) is 0. The number of methoxy groups -OCH3 is 1. The fourth-order valence-electron chi connectivity index (χ4n) is 3.86. The van der Waals surface area contributed by atoms with Crippen LogP contribution in [0.15, 0.2) is 0 Å². The van der Waals surface area contributed by atoms with Gasteiger partial charge in [0.2, 0.25) is 0 Å².